The molecule has 0 aliphatic heterocycles. The van der Waals surface area contributed by atoms with Gasteiger partial charge in [-0.05, 0) is 49.1 Å². The maximum Gasteiger partial charge on any atom is 0.269 e. The molecule has 1 fully saturated rings. The summed E-state index contributed by atoms with van der Waals surface area (Å²) >= 11 is 6.06. The maximum atomic E-state index is 13.2. The Morgan fingerprint density at radius 1 is 1.26 bits per heavy atom. The standard InChI is InChI=1S/C18H17ClN4O3S/c1-11-2-6-14(7-3-11)27(25,26)23-10-12(8-9-24)15-16(20-13-4-5-13)21-18(19)22-17(15)23/h2-3,6-7,9-10,13H,4-5,8H2,1H3,(H,20,21,22). The van der Waals surface area contributed by atoms with E-state index in [9.17, 15) is 13.2 Å². The predicted molar refractivity (Wildman–Crippen MR) is 103 cm³/mol. The number of carbonyl (C=O) groups excluding carboxylic acids is 1. The van der Waals surface area contributed by atoms with Crippen LogP contribution in [0.25, 0.3) is 11.0 Å². The van der Waals surface area contributed by atoms with E-state index in [1.54, 1.807) is 24.3 Å². The van der Waals surface area contributed by atoms with Gasteiger partial charge in [0.1, 0.15) is 12.1 Å². The number of fused-ring (bicyclic) bond motifs is 1. The van der Waals surface area contributed by atoms with Crippen molar-refractivity contribution in [3.05, 3.63) is 46.9 Å². The van der Waals surface area contributed by atoms with Gasteiger partial charge in [0.15, 0.2) is 5.65 Å². The Labute approximate surface area is 161 Å². The predicted octanol–water partition coefficient (Wildman–Crippen LogP) is 2.95. The molecule has 7 nitrogen and oxygen atoms in total. The second kappa shape index (κ2) is 6.61. The Morgan fingerprint density at radius 2 is 1.96 bits per heavy atom. The van der Waals surface area contributed by atoms with E-state index in [4.69, 9.17) is 11.6 Å². The smallest absolute Gasteiger partial charge is 0.269 e. The number of benzene rings is 1. The summed E-state index contributed by atoms with van der Waals surface area (Å²) in [5.74, 6) is 0.460. The monoisotopic (exact) mass is 404 g/mol. The van der Waals surface area contributed by atoms with Crippen molar-refractivity contribution in [1.29, 1.82) is 0 Å². The van der Waals surface area contributed by atoms with Gasteiger partial charge in [-0.15, -0.1) is 0 Å². The molecule has 140 valence electrons. The highest BCUT2D eigenvalue weighted by atomic mass is 35.5. The third-order valence-electron chi connectivity index (χ3n) is 4.46. The van der Waals surface area contributed by atoms with E-state index in [1.165, 1.54) is 6.20 Å². The summed E-state index contributed by atoms with van der Waals surface area (Å²) in [6.07, 6.45) is 4.23. The fourth-order valence-corrected chi connectivity index (χ4v) is 4.42. The van der Waals surface area contributed by atoms with Crippen molar-refractivity contribution in [3.8, 4) is 0 Å². The van der Waals surface area contributed by atoms with Crippen LogP contribution < -0.4 is 5.32 Å². The lowest BCUT2D eigenvalue weighted by Crippen LogP contribution is -2.13. The first-order valence-electron chi connectivity index (χ1n) is 8.50. The van der Waals surface area contributed by atoms with Crippen LogP contribution >= 0.6 is 11.6 Å². The Bertz CT molecular complexity index is 1140. The minimum atomic E-state index is -3.90. The lowest BCUT2D eigenvalue weighted by Gasteiger charge is -2.09. The molecule has 4 rings (SSSR count). The van der Waals surface area contributed by atoms with E-state index < -0.39 is 10.0 Å². The number of halogens is 1. The molecule has 0 atom stereocenters. The second-order valence-corrected chi connectivity index (χ2v) is 8.75. The molecule has 1 aromatic carbocycles. The molecule has 9 heteroatoms. The van der Waals surface area contributed by atoms with Crippen molar-refractivity contribution in [2.45, 2.75) is 37.1 Å². The van der Waals surface area contributed by atoms with E-state index in [2.05, 4.69) is 15.3 Å². The molecular weight excluding hydrogens is 388 g/mol. The molecule has 2 heterocycles. The summed E-state index contributed by atoms with van der Waals surface area (Å²) in [7, 11) is -3.90. The first kappa shape index (κ1) is 17.9. The normalized spacial score (nSPS) is 14.4. The summed E-state index contributed by atoms with van der Waals surface area (Å²) in [5, 5.41) is 3.71. The SMILES string of the molecule is Cc1ccc(S(=O)(=O)n2cc(CC=O)c3c(NC4CC4)nc(Cl)nc32)cc1. The largest absolute Gasteiger partial charge is 0.367 e. The number of aromatic nitrogens is 3. The van der Waals surface area contributed by atoms with E-state index in [1.807, 2.05) is 6.92 Å². The molecule has 1 N–H and O–H groups in total. The van der Waals surface area contributed by atoms with Gasteiger partial charge in [-0.1, -0.05) is 17.7 Å². The average molecular weight is 405 g/mol. The molecule has 0 unspecified atom stereocenters. The first-order valence-corrected chi connectivity index (χ1v) is 10.3. The van der Waals surface area contributed by atoms with Gasteiger partial charge >= 0.3 is 0 Å². The van der Waals surface area contributed by atoms with Gasteiger partial charge in [-0.3, -0.25) is 0 Å². The summed E-state index contributed by atoms with van der Waals surface area (Å²) in [5.41, 5.74) is 1.65. The molecule has 0 spiro atoms. The van der Waals surface area contributed by atoms with E-state index in [0.29, 0.717) is 16.8 Å². The number of aryl methyl sites for hydroxylation is 1. The molecule has 0 bridgehead atoms. The zero-order valence-corrected chi connectivity index (χ0v) is 16.1. The van der Waals surface area contributed by atoms with Crippen molar-refractivity contribution in [3.63, 3.8) is 0 Å². The number of aldehydes is 1. The summed E-state index contributed by atoms with van der Waals surface area (Å²) in [6.45, 7) is 1.88. The van der Waals surface area contributed by atoms with Crippen LogP contribution in [-0.2, 0) is 21.2 Å². The van der Waals surface area contributed by atoms with Crippen molar-refractivity contribution in [2.24, 2.45) is 0 Å². The summed E-state index contributed by atoms with van der Waals surface area (Å²) < 4.78 is 27.4. The highest BCUT2D eigenvalue weighted by molar-refractivity contribution is 7.90. The van der Waals surface area contributed by atoms with Gasteiger partial charge in [-0.25, -0.2) is 17.4 Å². The van der Waals surface area contributed by atoms with E-state index in [-0.39, 0.29) is 28.3 Å². The number of nitrogens with one attached hydrogen (secondary N) is 1. The minimum absolute atomic E-state index is 0.0528. The van der Waals surface area contributed by atoms with Gasteiger partial charge in [-0.2, -0.15) is 4.98 Å². The highest BCUT2D eigenvalue weighted by Gasteiger charge is 2.28. The van der Waals surface area contributed by atoms with Crippen LogP contribution in [0.4, 0.5) is 5.82 Å². The molecule has 1 aliphatic rings. The molecule has 27 heavy (non-hydrogen) atoms. The Morgan fingerprint density at radius 3 is 2.59 bits per heavy atom. The lowest BCUT2D eigenvalue weighted by atomic mass is 10.2. The summed E-state index contributed by atoms with van der Waals surface area (Å²) in [6, 6.07) is 6.82. The van der Waals surface area contributed by atoms with Crippen LogP contribution in [0.5, 0.6) is 0 Å². The van der Waals surface area contributed by atoms with Gasteiger partial charge in [0.05, 0.1) is 10.3 Å². The first-order chi connectivity index (χ1) is 12.9. The summed E-state index contributed by atoms with van der Waals surface area (Å²) in [4.78, 5) is 19.7. The van der Waals surface area contributed by atoms with Crippen molar-refractivity contribution < 1.29 is 13.2 Å². The number of hydrogen-bond donors (Lipinski definition) is 1. The van der Waals surface area contributed by atoms with Gasteiger partial charge in [0, 0.05) is 18.7 Å². The molecule has 0 saturated heterocycles. The quantitative estimate of drug-likeness (QED) is 0.501. The second-order valence-electron chi connectivity index (χ2n) is 6.60. The van der Waals surface area contributed by atoms with Crippen LogP contribution in [0.1, 0.15) is 24.0 Å². The fraction of sp³-hybridized carbons (Fsp3) is 0.278. The number of carbonyl (C=O) groups is 1. The molecule has 1 aliphatic carbocycles. The highest BCUT2D eigenvalue weighted by Crippen LogP contribution is 2.33. The molecule has 3 aromatic rings. The topological polar surface area (TPSA) is 94.0 Å². The van der Waals surface area contributed by atoms with Crippen LogP contribution in [0, 0.1) is 6.92 Å². The third-order valence-corrected chi connectivity index (χ3v) is 6.30. The van der Waals surface area contributed by atoms with Crippen molar-refractivity contribution in [1.82, 2.24) is 13.9 Å². The molecule has 0 amide bonds. The molecule has 2 aromatic heterocycles. The van der Waals surface area contributed by atoms with E-state index in [0.717, 1.165) is 28.7 Å². The number of nitrogens with zero attached hydrogens (tertiary/aromatic N) is 3. The van der Waals surface area contributed by atoms with Gasteiger partial charge in [0.25, 0.3) is 10.0 Å². The molecule has 1 saturated carbocycles. The van der Waals surface area contributed by atoms with Crippen molar-refractivity contribution in [2.75, 3.05) is 5.32 Å². The lowest BCUT2D eigenvalue weighted by molar-refractivity contribution is -0.107. The molecular formula is C18H17ClN4O3S. The van der Waals surface area contributed by atoms with Crippen LogP contribution in [-0.4, -0.2) is 34.7 Å². The minimum Gasteiger partial charge on any atom is -0.367 e. The number of hydrogen-bond acceptors (Lipinski definition) is 6. The third kappa shape index (κ3) is 3.30. The zero-order chi connectivity index (χ0) is 19.2. The average Bonchev–Trinajstić information content (AvgIpc) is 3.35. The van der Waals surface area contributed by atoms with Crippen LogP contribution in [0.2, 0.25) is 5.28 Å². The Balaban J connectivity index is 1.96. The molecule has 0 radical (unpaired) electrons. The zero-order valence-electron chi connectivity index (χ0n) is 14.5. The van der Waals surface area contributed by atoms with Crippen LogP contribution in [0.3, 0.4) is 0 Å². The van der Waals surface area contributed by atoms with Crippen molar-refractivity contribution >= 4 is 44.8 Å². The maximum absolute atomic E-state index is 13.2. The van der Waals surface area contributed by atoms with Crippen LogP contribution in [0.15, 0.2) is 35.4 Å². The Hall–Kier alpha value is -2.45. The van der Waals surface area contributed by atoms with E-state index >= 15 is 0 Å². The number of anilines is 1. The Kier molecular flexibility index (Phi) is 4.39. The number of rotatable bonds is 6. The fourth-order valence-electron chi connectivity index (χ4n) is 2.92. The van der Waals surface area contributed by atoms with Gasteiger partial charge < -0.3 is 10.1 Å². The van der Waals surface area contributed by atoms with Gasteiger partial charge in [0.2, 0.25) is 5.28 Å².